The van der Waals surface area contributed by atoms with Crippen molar-refractivity contribution < 1.29 is 22.3 Å². The zero-order valence-electron chi connectivity index (χ0n) is 13.7. The summed E-state index contributed by atoms with van der Waals surface area (Å²) in [6, 6.07) is 8.22. The van der Waals surface area contributed by atoms with E-state index >= 15 is 0 Å². The van der Waals surface area contributed by atoms with Crippen molar-refractivity contribution in [2.45, 2.75) is 23.8 Å². The Hall–Kier alpha value is -2.03. The molecule has 0 radical (unpaired) electrons. The number of furan rings is 1. The van der Waals surface area contributed by atoms with Crippen LogP contribution in [0.25, 0.3) is 0 Å². The van der Waals surface area contributed by atoms with Crippen LogP contribution < -0.4 is 14.2 Å². The highest BCUT2D eigenvalue weighted by Crippen LogP contribution is 2.34. The summed E-state index contributed by atoms with van der Waals surface area (Å²) < 4.78 is 44.0. The Labute approximate surface area is 146 Å². The molecule has 0 amide bonds. The molecule has 7 nitrogen and oxygen atoms in total. The van der Waals surface area contributed by atoms with Gasteiger partial charge >= 0.3 is 0 Å². The van der Waals surface area contributed by atoms with E-state index in [9.17, 15) is 8.42 Å². The molecule has 0 saturated carbocycles. The molecule has 2 aromatic rings. The average molecular weight is 364 g/mol. The van der Waals surface area contributed by atoms with Crippen LogP contribution >= 0.6 is 0 Å². The maximum atomic E-state index is 12.7. The van der Waals surface area contributed by atoms with Crippen LogP contribution in [0.4, 0.5) is 0 Å². The molecule has 1 N–H and O–H groups in total. The van der Waals surface area contributed by atoms with E-state index in [1.807, 2.05) is 12.1 Å². The molecule has 1 saturated heterocycles. The number of sulfonamides is 1. The van der Waals surface area contributed by atoms with Gasteiger partial charge in [0.05, 0.1) is 17.2 Å². The molecule has 4 rings (SSSR count). The second-order valence-electron chi connectivity index (χ2n) is 6.14. The fourth-order valence-corrected chi connectivity index (χ4v) is 4.31. The Kier molecular flexibility index (Phi) is 4.41. The molecule has 8 heteroatoms. The first-order valence-electron chi connectivity index (χ1n) is 8.30. The fourth-order valence-electron chi connectivity index (χ4n) is 3.26. The molecule has 0 spiro atoms. The van der Waals surface area contributed by atoms with Crippen molar-refractivity contribution in [1.29, 1.82) is 0 Å². The lowest BCUT2D eigenvalue weighted by Gasteiger charge is -2.25. The molecule has 134 valence electrons. The van der Waals surface area contributed by atoms with Crippen LogP contribution in [0.5, 0.6) is 11.5 Å². The molecule has 1 aromatic carbocycles. The van der Waals surface area contributed by atoms with E-state index in [1.165, 1.54) is 12.1 Å². The van der Waals surface area contributed by atoms with Crippen LogP contribution in [0.3, 0.4) is 0 Å². The first-order chi connectivity index (χ1) is 12.1. The van der Waals surface area contributed by atoms with Crippen molar-refractivity contribution in [3.8, 4) is 11.5 Å². The van der Waals surface area contributed by atoms with Crippen LogP contribution in [-0.4, -0.2) is 39.7 Å². The largest absolute Gasteiger partial charge is 0.468 e. The minimum absolute atomic E-state index is 0.110. The van der Waals surface area contributed by atoms with Gasteiger partial charge in [-0.05, 0) is 50.2 Å². The van der Waals surface area contributed by atoms with Gasteiger partial charge in [0.1, 0.15) is 5.76 Å². The van der Waals surface area contributed by atoms with E-state index in [-0.39, 0.29) is 24.3 Å². The molecule has 0 bridgehead atoms. The van der Waals surface area contributed by atoms with Gasteiger partial charge in [0.2, 0.25) is 16.8 Å². The number of ether oxygens (including phenoxy) is 2. The lowest BCUT2D eigenvalue weighted by Crippen LogP contribution is -2.36. The molecule has 0 aliphatic carbocycles. The summed E-state index contributed by atoms with van der Waals surface area (Å²) in [5.41, 5.74) is 0. The summed E-state index contributed by atoms with van der Waals surface area (Å²) in [6.45, 7) is 2.25. The van der Waals surface area contributed by atoms with E-state index in [2.05, 4.69) is 9.62 Å². The summed E-state index contributed by atoms with van der Waals surface area (Å²) in [7, 11) is -3.65. The summed E-state index contributed by atoms with van der Waals surface area (Å²) >= 11 is 0. The smallest absolute Gasteiger partial charge is 0.240 e. The van der Waals surface area contributed by atoms with Crippen LogP contribution in [0.2, 0.25) is 0 Å². The van der Waals surface area contributed by atoms with Crippen molar-refractivity contribution in [2.75, 3.05) is 26.4 Å². The van der Waals surface area contributed by atoms with E-state index in [0.29, 0.717) is 11.5 Å². The van der Waals surface area contributed by atoms with Gasteiger partial charge in [-0.1, -0.05) is 0 Å². The van der Waals surface area contributed by atoms with Crippen LogP contribution in [-0.2, 0) is 10.0 Å². The van der Waals surface area contributed by atoms with Gasteiger partial charge in [-0.3, -0.25) is 4.90 Å². The number of benzene rings is 1. The Balaban J connectivity index is 1.51. The highest BCUT2D eigenvalue weighted by Gasteiger charge is 2.28. The first-order valence-corrected chi connectivity index (χ1v) is 9.78. The Morgan fingerprint density at radius 3 is 2.68 bits per heavy atom. The summed E-state index contributed by atoms with van der Waals surface area (Å²) in [4.78, 5) is 2.41. The van der Waals surface area contributed by atoms with E-state index in [4.69, 9.17) is 13.9 Å². The van der Waals surface area contributed by atoms with Gasteiger partial charge < -0.3 is 13.9 Å². The third-order valence-electron chi connectivity index (χ3n) is 4.57. The lowest BCUT2D eigenvalue weighted by molar-refractivity contribution is 0.174. The maximum Gasteiger partial charge on any atom is 0.240 e. The average Bonchev–Trinajstić information content (AvgIpc) is 3.36. The maximum absolute atomic E-state index is 12.7. The minimum Gasteiger partial charge on any atom is -0.468 e. The van der Waals surface area contributed by atoms with Gasteiger partial charge in [0, 0.05) is 12.6 Å². The van der Waals surface area contributed by atoms with Crippen LogP contribution in [0, 0.1) is 0 Å². The second kappa shape index (κ2) is 6.70. The SMILES string of the molecule is O=S(=O)(NC[C@@H](c1ccco1)N1CCCC1)c1ccc2c(c1)OCO2. The van der Waals surface area contributed by atoms with Gasteiger partial charge in [0.15, 0.2) is 11.5 Å². The molecule has 25 heavy (non-hydrogen) atoms. The Morgan fingerprint density at radius 1 is 1.12 bits per heavy atom. The Bertz CT molecular complexity index is 829. The predicted octanol–water partition coefficient (Wildman–Crippen LogP) is 2.12. The highest BCUT2D eigenvalue weighted by molar-refractivity contribution is 7.89. The third kappa shape index (κ3) is 3.37. The molecule has 2 aliphatic heterocycles. The van der Waals surface area contributed by atoms with E-state index < -0.39 is 10.0 Å². The molecular formula is C17H20N2O5S. The van der Waals surface area contributed by atoms with Gasteiger partial charge in [-0.2, -0.15) is 0 Å². The topological polar surface area (TPSA) is 81.0 Å². The molecule has 3 heterocycles. The molecule has 1 fully saturated rings. The van der Waals surface area contributed by atoms with Gasteiger partial charge in [-0.15, -0.1) is 0 Å². The quantitative estimate of drug-likeness (QED) is 0.846. The minimum atomic E-state index is -3.65. The molecule has 1 aromatic heterocycles. The van der Waals surface area contributed by atoms with Crippen LogP contribution in [0.1, 0.15) is 24.6 Å². The second-order valence-corrected chi connectivity index (χ2v) is 7.91. The van der Waals surface area contributed by atoms with Crippen molar-refractivity contribution >= 4 is 10.0 Å². The van der Waals surface area contributed by atoms with Crippen molar-refractivity contribution in [1.82, 2.24) is 9.62 Å². The number of hydrogen-bond acceptors (Lipinski definition) is 6. The number of nitrogens with one attached hydrogen (secondary N) is 1. The third-order valence-corrected chi connectivity index (χ3v) is 6.00. The lowest BCUT2D eigenvalue weighted by atomic mass is 10.2. The highest BCUT2D eigenvalue weighted by atomic mass is 32.2. The zero-order valence-corrected chi connectivity index (χ0v) is 14.5. The predicted molar refractivity (Wildman–Crippen MR) is 90.0 cm³/mol. The summed E-state index contributed by atoms with van der Waals surface area (Å²) in [5.74, 6) is 1.78. The monoisotopic (exact) mass is 364 g/mol. The molecule has 0 unspecified atom stereocenters. The van der Waals surface area contributed by atoms with Crippen molar-refractivity contribution in [3.05, 3.63) is 42.4 Å². The zero-order chi connectivity index (χ0) is 17.3. The number of likely N-dealkylation sites (tertiary alicyclic amines) is 1. The summed E-state index contributed by atoms with van der Waals surface area (Å²) in [5, 5.41) is 0. The number of fused-ring (bicyclic) bond motifs is 1. The number of hydrogen-bond donors (Lipinski definition) is 1. The van der Waals surface area contributed by atoms with Crippen LogP contribution in [0.15, 0.2) is 45.9 Å². The first kappa shape index (κ1) is 16.4. The van der Waals surface area contributed by atoms with Gasteiger partial charge in [0.25, 0.3) is 0 Å². The standard InChI is InChI=1S/C17H20N2O5S/c20-25(21,13-5-6-16-17(10-13)24-12-23-16)18-11-14(15-4-3-9-22-15)19-7-1-2-8-19/h3-6,9-10,14,18H,1-2,7-8,11-12H2/t14-/m0/s1. The fraction of sp³-hybridized carbons (Fsp3) is 0.412. The van der Waals surface area contributed by atoms with Crippen molar-refractivity contribution in [3.63, 3.8) is 0 Å². The number of rotatable bonds is 6. The molecule has 2 aliphatic rings. The van der Waals surface area contributed by atoms with Gasteiger partial charge in [-0.25, -0.2) is 13.1 Å². The normalized spacial score (nSPS) is 18.6. The van der Waals surface area contributed by atoms with E-state index in [0.717, 1.165) is 31.7 Å². The van der Waals surface area contributed by atoms with Crippen molar-refractivity contribution in [2.24, 2.45) is 0 Å². The Morgan fingerprint density at radius 2 is 1.92 bits per heavy atom. The number of nitrogens with zero attached hydrogens (tertiary/aromatic N) is 1. The van der Waals surface area contributed by atoms with E-state index in [1.54, 1.807) is 12.3 Å². The summed E-state index contributed by atoms with van der Waals surface area (Å²) in [6.07, 6.45) is 3.85. The molecule has 1 atom stereocenters. The molecular weight excluding hydrogens is 344 g/mol.